The lowest BCUT2D eigenvalue weighted by Gasteiger charge is -2.01. The molecule has 1 saturated heterocycles. The highest BCUT2D eigenvalue weighted by atomic mass is 35.5. The number of thioether (sulfide) groups is 1. The molecule has 0 aromatic carbocycles. The van der Waals surface area contributed by atoms with Crippen LogP contribution in [0.1, 0.15) is 6.42 Å². The van der Waals surface area contributed by atoms with Crippen molar-refractivity contribution >= 4 is 29.4 Å². The van der Waals surface area contributed by atoms with Gasteiger partial charge in [0.1, 0.15) is 6.04 Å². The lowest BCUT2D eigenvalue weighted by molar-refractivity contribution is 0.248. The normalized spacial score (nSPS) is 29.0. The first-order chi connectivity index (χ1) is 7.15. The summed E-state index contributed by atoms with van der Waals surface area (Å²) in [6.07, 6.45) is 2.81. The smallest absolute Gasteiger partial charge is 0.319 e. The predicted molar refractivity (Wildman–Crippen MR) is 62.3 cm³/mol. The van der Waals surface area contributed by atoms with Crippen LogP contribution in [0, 0.1) is 11.8 Å². The highest BCUT2D eigenvalue weighted by Crippen LogP contribution is 2.34. The van der Waals surface area contributed by atoms with Crippen LogP contribution in [0.2, 0.25) is 0 Å². The number of rotatable bonds is 0. The molecule has 0 aromatic heterocycles. The molecule has 3 nitrogen and oxygen atoms in total. The molecule has 2 N–H and O–H groups in total. The number of halogens is 1. The number of nitrogens with one attached hydrogen (secondary N) is 2. The Hall–Kier alpha value is -1.05. The second-order valence-corrected chi connectivity index (χ2v) is 5.07. The molecule has 78 valence electrons. The van der Waals surface area contributed by atoms with Crippen LogP contribution in [0.25, 0.3) is 0 Å². The van der Waals surface area contributed by atoms with E-state index in [1.54, 1.807) is 11.8 Å². The summed E-state index contributed by atoms with van der Waals surface area (Å²) in [4.78, 5) is 10.9. The zero-order valence-electron chi connectivity index (χ0n) is 7.84. The molecule has 2 aliphatic rings. The molecule has 2 heterocycles. The Morgan fingerprint density at radius 2 is 2.40 bits per heavy atom. The topological polar surface area (TPSA) is 41.1 Å². The van der Waals surface area contributed by atoms with Gasteiger partial charge < -0.3 is 10.6 Å². The maximum Gasteiger partial charge on any atom is 0.320 e. The van der Waals surface area contributed by atoms with Crippen molar-refractivity contribution in [1.29, 1.82) is 0 Å². The number of amides is 2. The first kappa shape index (κ1) is 10.5. The van der Waals surface area contributed by atoms with Gasteiger partial charge >= 0.3 is 6.03 Å². The van der Waals surface area contributed by atoms with Crippen molar-refractivity contribution in [3.05, 3.63) is 22.7 Å². The summed E-state index contributed by atoms with van der Waals surface area (Å²) in [6.45, 7) is 3.70. The third kappa shape index (κ3) is 2.49. The molecule has 0 radical (unpaired) electrons. The summed E-state index contributed by atoms with van der Waals surface area (Å²) in [5.74, 6) is 6.03. The summed E-state index contributed by atoms with van der Waals surface area (Å²) >= 11 is 7.35. The first-order valence-electron chi connectivity index (χ1n) is 4.45. The van der Waals surface area contributed by atoms with Crippen LogP contribution in [0.15, 0.2) is 22.7 Å². The second kappa shape index (κ2) is 4.21. The number of carbonyl (C=O) groups is 1. The van der Waals surface area contributed by atoms with Gasteiger partial charge in [0.25, 0.3) is 0 Å². The molecule has 0 aliphatic carbocycles. The van der Waals surface area contributed by atoms with E-state index in [0.29, 0.717) is 5.70 Å². The zero-order chi connectivity index (χ0) is 10.8. The third-order valence-corrected chi connectivity index (χ3v) is 3.44. The fraction of sp³-hybridized carbons (Fsp3) is 0.300. The van der Waals surface area contributed by atoms with Crippen LogP contribution in [0.3, 0.4) is 0 Å². The van der Waals surface area contributed by atoms with E-state index in [1.807, 2.05) is 6.08 Å². The largest absolute Gasteiger partial charge is 0.320 e. The first-order valence-corrected chi connectivity index (χ1v) is 5.70. The summed E-state index contributed by atoms with van der Waals surface area (Å²) in [6, 6.07) is -0.521. The minimum atomic E-state index is -0.280. The van der Waals surface area contributed by atoms with Crippen molar-refractivity contribution < 1.29 is 4.79 Å². The quantitative estimate of drug-likeness (QED) is 0.634. The number of urea groups is 1. The third-order valence-electron chi connectivity index (χ3n) is 2.03. The van der Waals surface area contributed by atoms with E-state index in [0.717, 1.165) is 10.8 Å². The van der Waals surface area contributed by atoms with E-state index in [2.05, 4.69) is 29.1 Å². The summed E-state index contributed by atoms with van der Waals surface area (Å²) in [5.41, 5.74) is 0.606. The van der Waals surface area contributed by atoms with Gasteiger partial charge in [-0.05, 0) is 6.42 Å². The zero-order valence-corrected chi connectivity index (χ0v) is 9.41. The highest BCUT2D eigenvalue weighted by molar-refractivity contribution is 8.05. The van der Waals surface area contributed by atoms with Crippen LogP contribution >= 0.6 is 23.4 Å². The van der Waals surface area contributed by atoms with Gasteiger partial charge in [0.05, 0.1) is 9.61 Å². The fourth-order valence-corrected chi connectivity index (χ4v) is 2.49. The number of carbonyl (C=O) groups excluding carboxylic acids is 1. The van der Waals surface area contributed by atoms with E-state index < -0.39 is 0 Å². The molecule has 1 fully saturated rings. The maximum absolute atomic E-state index is 10.9. The lowest BCUT2D eigenvalue weighted by atomic mass is 10.2. The molecule has 2 aliphatic heterocycles. The number of allylic oxidation sites excluding steroid dienone is 1. The lowest BCUT2D eigenvalue weighted by Crippen LogP contribution is -2.25. The van der Waals surface area contributed by atoms with E-state index in [9.17, 15) is 4.79 Å². The molecule has 0 spiro atoms. The summed E-state index contributed by atoms with van der Waals surface area (Å²) in [5, 5.41) is 5.41. The summed E-state index contributed by atoms with van der Waals surface area (Å²) < 4.78 is 0.793. The molecule has 5 heteroatoms. The minimum absolute atomic E-state index is 0.197. The molecule has 2 unspecified atom stereocenters. The molecule has 2 amide bonds. The highest BCUT2D eigenvalue weighted by Gasteiger charge is 2.22. The Morgan fingerprint density at radius 3 is 2.93 bits per heavy atom. The maximum atomic E-state index is 10.9. The molecular formula is C10H9ClN2OS. The van der Waals surface area contributed by atoms with E-state index in [4.69, 9.17) is 11.6 Å². The van der Waals surface area contributed by atoms with Crippen LogP contribution in [-0.2, 0) is 0 Å². The van der Waals surface area contributed by atoms with Gasteiger partial charge in [-0.3, -0.25) is 0 Å². The summed E-state index contributed by atoms with van der Waals surface area (Å²) in [7, 11) is 0. The van der Waals surface area contributed by atoms with Gasteiger partial charge in [0, 0.05) is 5.70 Å². The Bertz CT molecular complexity index is 407. The Balaban J connectivity index is 1.95. The van der Waals surface area contributed by atoms with Crippen molar-refractivity contribution in [2.75, 3.05) is 0 Å². The van der Waals surface area contributed by atoms with Crippen LogP contribution in [0.4, 0.5) is 4.79 Å². The van der Waals surface area contributed by atoms with Crippen molar-refractivity contribution in [2.24, 2.45) is 0 Å². The van der Waals surface area contributed by atoms with Gasteiger partial charge in [-0.2, -0.15) is 0 Å². The van der Waals surface area contributed by atoms with Crippen LogP contribution in [-0.4, -0.2) is 17.3 Å². The molecule has 0 saturated carbocycles. The van der Waals surface area contributed by atoms with Gasteiger partial charge in [0.2, 0.25) is 0 Å². The molecule has 15 heavy (non-hydrogen) atoms. The standard InChI is InChI=1S/C10H9ClN2OS/c1-6-8(13-10(14)12-6)4-2-7-3-5-9(11)15-7/h5,7-8H,1,3H2,(H2,12,13,14). The van der Waals surface area contributed by atoms with Gasteiger partial charge in [-0.1, -0.05) is 47.9 Å². The van der Waals surface area contributed by atoms with E-state index in [-0.39, 0.29) is 17.3 Å². The molecule has 2 atom stereocenters. The number of hydrogen-bond acceptors (Lipinski definition) is 2. The Morgan fingerprint density at radius 1 is 1.60 bits per heavy atom. The molecule has 0 aromatic rings. The SMILES string of the molecule is C=C1NC(=O)NC1C#CC1CC=C(Cl)S1. The van der Waals surface area contributed by atoms with E-state index in [1.165, 1.54) is 0 Å². The Labute approximate surface area is 97.3 Å². The van der Waals surface area contributed by atoms with Gasteiger partial charge in [-0.25, -0.2) is 4.79 Å². The van der Waals surface area contributed by atoms with Crippen LogP contribution < -0.4 is 10.6 Å². The predicted octanol–water partition coefficient (Wildman–Crippen LogP) is 1.77. The average molecular weight is 241 g/mol. The fourth-order valence-electron chi connectivity index (χ4n) is 1.29. The van der Waals surface area contributed by atoms with Crippen molar-refractivity contribution in [1.82, 2.24) is 10.6 Å². The average Bonchev–Trinajstić information content (AvgIpc) is 2.70. The van der Waals surface area contributed by atoms with Crippen LogP contribution in [0.5, 0.6) is 0 Å². The van der Waals surface area contributed by atoms with Crippen molar-refractivity contribution in [2.45, 2.75) is 17.7 Å². The Kier molecular flexibility index (Phi) is 2.94. The molecule has 0 bridgehead atoms. The second-order valence-electron chi connectivity index (χ2n) is 3.20. The van der Waals surface area contributed by atoms with Crippen molar-refractivity contribution in [3.8, 4) is 11.8 Å². The molecule has 2 rings (SSSR count). The van der Waals surface area contributed by atoms with E-state index >= 15 is 0 Å². The molecular weight excluding hydrogens is 232 g/mol. The minimum Gasteiger partial charge on any atom is -0.319 e. The monoisotopic (exact) mass is 240 g/mol. The van der Waals surface area contributed by atoms with Crippen molar-refractivity contribution in [3.63, 3.8) is 0 Å². The van der Waals surface area contributed by atoms with Gasteiger partial charge in [0.15, 0.2) is 0 Å². The number of hydrogen-bond donors (Lipinski definition) is 2. The van der Waals surface area contributed by atoms with Gasteiger partial charge in [-0.15, -0.1) is 0 Å².